The van der Waals surface area contributed by atoms with Gasteiger partial charge in [0.2, 0.25) is 5.91 Å². The molecule has 0 saturated heterocycles. The lowest BCUT2D eigenvalue weighted by molar-refractivity contribution is -0.134. The van der Waals surface area contributed by atoms with E-state index in [4.69, 9.17) is 10.7 Å². The number of amides is 1. The zero-order chi connectivity index (χ0) is 23.8. The fraction of sp³-hybridized carbons (Fsp3) is 0.360. The molecule has 2 aliphatic rings. The minimum Gasteiger partial charge on any atom is -0.340 e. The van der Waals surface area contributed by atoms with Crippen LogP contribution in [0.1, 0.15) is 31.5 Å². The van der Waals surface area contributed by atoms with E-state index in [0.29, 0.717) is 54.0 Å². The molecule has 0 radical (unpaired) electrons. The number of imidazole rings is 1. The van der Waals surface area contributed by atoms with Gasteiger partial charge >= 0.3 is 0 Å². The Morgan fingerprint density at radius 3 is 2.53 bits per heavy atom. The largest absolute Gasteiger partial charge is 0.340 e. The van der Waals surface area contributed by atoms with Crippen molar-refractivity contribution in [3.8, 4) is 11.3 Å². The van der Waals surface area contributed by atoms with Crippen LogP contribution in [0.5, 0.6) is 0 Å². The number of nitrogens with two attached hydrogens (primary N) is 1. The number of anilines is 2. The number of halogens is 3. The van der Waals surface area contributed by atoms with E-state index >= 15 is 0 Å². The highest BCUT2D eigenvalue weighted by atomic mass is 19.2. The predicted octanol–water partition coefficient (Wildman–Crippen LogP) is 4.57. The molecule has 1 aromatic heterocycles. The topological polar surface area (TPSA) is 76.2 Å². The number of carbonyl (C=O) groups is 1. The number of hydrogen-bond acceptors (Lipinski definition) is 4. The van der Waals surface area contributed by atoms with Crippen molar-refractivity contribution in [1.29, 1.82) is 0 Å². The maximum absolute atomic E-state index is 13.8. The molecule has 1 atom stereocenters. The highest BCUT2D eigenvalue weighted by Crippen LogP contribution is 2.34. The first-order valence-electron chi connectivity index (χ1n) is 11.5. The summed E-state index contributed by atoms with van der Waals surface area (Å²) in [5.74, 6) is -0.628. The van der Waals surface area contributed by atoms with Gasteiger partial charge in [-0.1, -0.05) is 19.3 Å². The molecular weight excluding hydrogens is 443 g/mol. The monoisotopic (exact) mass is 469 g/mol. The van der Waals surface area contributed by atoms with Gasteiger partial charge in [-0.15, -0.1) is 0 Å². The summed E-state index contributed by atoms with van der Waals surface area (Å²) in [5.41, 5.74) is 7.76. The number of hydrogen-bond donors (Lipinski definition) is 2. The van der Waals surface area contributed by atoms with Crippen LogP contribution in [-0.2, 0) is 17.9 Å². The zero-order valence-electron chi connectivity index (χ0n) is 18.6. The van der Waals surface area contributed by atoms with E-state index in [1.54, 1.807) is 17.0 Å². The van der Waals surface area contributed by atoms with Crippen LogP contribution in [-0.4, -0.2) is 32.9 Å². The van der Waals surface area contributed by atoms with Crippen LogP contribution in [0.2, 0.25) is 0 Å². The number of aromatic nitrogens is 2. The van der Waals surface area contributed by atoms with Gasteiger partial charge in [-0.25, -0.2) is 18.2 Å². The van der Waals surface area contributed by atoms with Crippen molar-refractivity contribution in [2.75, 3.05) is 11.9 Å². The first kappa shape index (κ1) is 22.5. The van der Waals surface area contributed by atoms with E-state index < -0.39 is 17.7 Å². The lowest BCUT2D eigenvalue weighted by atomic mass is 9.81. The quantitative estimate of drug-likeness (QED) is 0.555. The number of rotatable bonds is 6. The Bertz CT molecular complexity index is 1210. The third kappa shape index (κ3) is 4.40. The van der Waals surface area contributed by atoms with Crippen LogP contribution in [0, 0.1) is 23.4 Å². The van der Waals surface area contributed by atoms with E-state index in [9.17, 15) is 18.0 Å². The lowest BCUT2D eigenvalue weighted by Gasteiger charge is -2.33. The molecule has 5 rings (SSSR count). The van der Waals surface area contributed by atoms with E-state index in [1.165, 1.54) is 24.6 Å². The first-order valence-corrected chi connectivity index (χ1v) is 11.5. The molecule has 1 saturated carbocycles. The molecule has 1 aliphatic carbocycles. The maximum atomic E-state index is 13.8. The molecule has 34 heavy (non-hydrogen) atoms. The molecule has 0 spiro atoms. The standard InChI is InChI=1S/C25H26F3N5O/c26-17-6-4-16(5-7-17)23-24(30-18-8-9-19(27)20(28)13-18)33-11-10-32(14-22(33)31-23)25(34)21(29)12-15-2-1-3-15/h4-9,13,15,21,30H,1-3,10-12,14,29H2/t21-/m0/s1. The van der Waals surface area contributed by atoms with Crippen molar-refractivity contribution < 1.29 is 18.0 Å². The second-order valence-corrected chi connectivity index (χ2v) is 9.04. The molecule has 9 heteroatoms. The summed E-state index contributed by atoms with van der Waals surface area (Å²) in [6, 6.07) is 8.92. The van der Waals surface area contributed by atoms with Crippen LogP contribution < -0.4 is 11.1 Å². The third-order valence-corrected chi connectivity index (χ3v) is 6.71. The third-order valence-electron chi connectivity index (χ3n) is 6.71. The molecule has 2 heterocycles. The van der Waals surface area contributed by atoms with E-state index in [-0.39, 0.29) is 18.3 Å². The van der Waals surface area contributed by atoms with Gasteiger partial charge in [-0.05, 0) is 48.7 Å². The van der Waals surface area contributed by atoms with Gasteiger partial charge in [0.25, 0.3) is 0 Å². The van der Waals surface area contributed by atoms with Gasteiger partial charge in [0, 0.05) is 30.4 Å². The highest BCUT2D eigenvalue weighted by Gasteiger charge is 2.31. The molecule has 1 aliphatic heterocycles. The number of nitrogens with one attached hydrogen (secondary N) is 1. The van der Waals surface area contributed by atoms with Gasteiger partial charge in [0.15, 0.2) is 11.6 Å². The van der Waals surface area contributed by atoms with Gasteiger partial charge in [-0.3, -0.25) is 4.79 Å². The molecule has 0 unspecified atom stereocenters. The Hall–Kier alpha value is -3.33. The molecule has 1 amide bonds. The summed E-state index contributed by atoms with van der Waals surface area (Å²) in [7, 11) is 0. The Balaban J connectivity index is 1.44. The smallest absolute Gasteiger partial charge is 0.239 e. The van der Waals surface area contributed by atoms with E-state index in [1.807, 2.05) is 4.57 Å². The summed E-state index contributed by atoms with van der Waals surface area (Å²) in [5, 5.41) is 3.14. The van der Waals surface area contributed by atoms with Crippen molar-refractivity contribution in [1.82, 2.24) is 14.5 Å². The predicted molar refractivity (Wildman–Crippen MR) is 123 cm³/mol. The molecular formula is C25H26F3N5O. The number of benzene rings is 2. The molecule has 3 N–H and O–H groups in total. The average molecular weight is 470 g/mol. The lowest BCUT2D eigenvalue weighted by Crippen LogP contribution is -2.48. The SMILES string of the molecule is N[C@@H](CC1CCC1)C(=O)N1CCn2c(nc(-c3ccc(F)cc3)c2Nc2ccc(F)c(F)c2)C1. The van der Waals surface area contributed by atoms with Crippen molar-refractivity contribution >= 4 is 17.4 Å². The van der Waals surface area contributed by atoms with Gasteiger partial charge < -0.3 is 20.5 Å². The van der Waals surface area contributed by atoms with Crippen molar-refractivity contribution in [2.24, 2.45) is 11.7 Å². The minimum absolute atomic E-state index is 0.0837. The van der Waals surface area contributed by atoms with Crippen LogP contribution in [0.25, 0.3) is 11.3 Å². The molecule has 0 bridgehead atoms. The zero-order valence-corrected chi connectivity index (χ0v) is 18.6. The molecule has 3 aromatic rings. The van der Waals surface area contributed by atoms with Crippen LogP contribution in [0.15, 0.2) is 42.5 Å². The summed E-state index contributed by atoms with van der Waals surface area (Å²) in [6.45, 7) is 1.19. The Labute approximate surface area is 195 Å². The maximum Gasteiger partial charge on any atom is 0.239 e. The van der Waals surface area contributed by atoms with E-state index in [2.05, 4.69) is 5.32 Å². The van der Waals surface area contributed by atoms with Crippen LogP contribution in [0.4, 0.5) is 24.7 Å². The van der Waals surface area contributed by atoms with Crippen molar-refractivity contribution in [2.45, 2.75) is 44.8 Å². The average Bonchev–Trinajstić information content (AvgIpc) is 3.16. The minimum atomic E-state index is -0.969. The Morgan fingerprint density at radius 2 is 1.85 bits per heavy atom. The van der Waals surface area contributed by atoms with Gasteiger partial charge in [0.1, 0.15) is 23.2 Å². The summed E-state index contributed by atoms with van der Waals surface area (Å²) in [4.78, 5) is 19.4. The van der Waals surface area contributed by atoms with Crippen LogP contribution in [0.3, 0.4) is 0 Å². The molecule has 6 nitrogen and oxygen atoms in total. The summed E-state index contributed by atoms with van der Waals surface area (Å²) in [6.07, 6.45) is 4.16. The van der Waals surface area contributed by atoms with Crippen LogP contribution >= 0.6 is 0 Å². The molecule has 178 valence electrons. The normalized spacial score (nSPS) is 16.6. The van der Waals surface area contributed by atoms with Gasteiger partial charge in [-0.2, -0.15) is 0 Å². The molecule has 1 fully saturated rings. The molecule has 2 aromatic carbocycles. The summed E-state index contributed by atoms with van der Waals surface area (Å²) >= 11 is 0. The fourth-order valence-electron chi connectivity index (χ4n) is 4.59. The fourth-order valence-corrected chi connectivity index (χ4v) is 4.59. The van der Waals surface area contributed by atoms with Gasteiger partial charge in [0.05, 0.1) is 12.6 Å². The number of fused-ring (bicyclic) bond motifs is 1. The summed E-state index contributed by atoms with van der Waals surface area (Å²) < 4.78 is 42.7. The van der Waals surface area contributed by atoms with E-state index in [0.717, 1.165) is 25.0 Å². The Kier molecular flexibility index (Phi) is 6.03. The highest BCUT2D eigenvalue weighted by molar-refractivity contribution is 5.82. The number of nitrogens with zero attached hydrogens (tertiary/aromatic N) is 3. The second-order valence-electron chi connectivity index (χ2n) is 9.04. The first-order chi connectivity index (χ1) is 16.4. The van der Waals surface area contributed by atoms with Crippen molar-refractivity contribution in [3.05, 3.63) is 65.7 Å². The number of carbonyl (C=O) groups excluding carboxylic acids is 1. The van der Waals surface area contributed by atoms with Crippen molar-refractivity contribution in [3.63, 3.8) is 0 Å². The Morgan fingerprint density at radius 1 is 1.09 bits per heavy atom. The second kappa shape index (κ2) is 9.13.